The molecule has 32 heavy (non-hydrogen) atoms. The number of ketones is 1. The van der Waals surface area contributed by atoms with Gasteiger partial charge in [0.2, 0.25) is 0 Å². The van der Waals surface area contributed by atoms with Crippen molar-refractivity contribution in [3.63, 3.8) is 0 Å². The summed E-state index contributed by atoms with van der Waals surface area (Å²) in [5.41, 5.74) is 2.61. The lowest BCUT2D eigenvalue weighted by Crippen LogP contribution is -2.47. The number of aliphatic imine (C=N–C) groups is 1. The molecule has 2 saturated heterocycles. The Morgan fingerprint density at radius 2 is 1.69 bits per heavy atom. The predicted octanol–water partition coefficient (Wildman–Crippen LogP) is 1.42. The number of Topliss-reactive ketones (excluding diaryl/α,β-unsaturated/α-hetero) is 1. The Labute approximate surface area is 189 Å². The van der Waals surface area contributed by atoms with Gasteiger partial charge in [-0.05, 0) is 23.6 Å². The average Bonchev–Trinajstić information content (AvgIpc) is 2.84. The molecule has 1 aliphatic carbocycles. The second-order valence-corrected chi connectivity index (χ2v) is 8.72. The SMILES string of the molecule is O=C1CC(c2ccc(N3CCOCC3)cc2)CC(O)=C1C=NCCN1CCN(CO)CC1. The topological polar surface area (TPSA) is 88.8 Å². The lowest BCUT2D eigenvalue weighted by atomic mass is 9.83. The molecule has 1 aromatic carbocycles. The largest absolute Gasteiger partial charge is 0.511 e. The molecular formula is C24H34N4O4. The Morgan fingerprint density at radius 3 is 2.34 bits per heavy atom. The summed E-state index contributed by atoms with van der Waals surface area (Å²) in [4.78, 5) is 23.7. The Balaban J connectivity index is 1.29. The van der Waals surface area contributed by atoms with E-state index in [2.05, 4.69) is 39.1 Å². The zero-order valence-electron chi connectivity index (χ0n) is 18.7. The van der Waals surface area contributed by atoms with Gasteiger partial charge in [0.25, 0.3) is 0 Å². The second-order valence-electron chi connectivity index (χ2n) is 8.72. The maximum atomic E-state index is 12.7. The van der Waals surface area contributed by atoms with Gasteiger partial charge in [-0.2, -0.15) is 0 Å². The van der Waals surface area contributed by atoms with Crippen LogP contribution in [0.4, 0.5) is 5.69 Å². The first-order valence-corrected chi connectivity index (χ1v) is 11.6. The smallest absolute Gasteiger partial charge is 0.168 e. The van der Waals surface area contributed by atoms with Crippen molar-refractivity contribution in [2.24, 2.45) is 4.99 Å². The number of allylic oxidation sites excluding steroid dienone is 2. The van der Waals surface area contributed by atoms with E-state index in [1.807, 2.05) is 4.90 Å². The van der Waals surface area contributed by atoms with Crippen molar-refractivity contribution in [2.75, 3.05) is 77.2 Å². The number of aliphatic hydroxyl groups is 2. The molecule has 3 aliphatic rings. The number of aliphatic hydroxyl groups excluding tert-OH is 2. The molecular weight excluding hydrogens is 408 g/mol. The van der Waals surface area contributed by atoms with Gasteiger partial charge in [-0.15, -0.1) is 0 Å². The highest BCUT2D eigenvalue weighted by Gasteiger charge is 2.28. The number of carbonyl (C=O) groups excluding carboxylic acids is 1. The van der Waals surface area contributed by atoms with E-state index in [1.54, 1.807) is 6.21 Å². The fraction of sp³-hybridized carbons (Fsp3) is 0.583. The summed E-state index contributed by atoms with van der Waals surface area (Å²) in [6.07, 6.45) is 2.41. The summed E-state index contributed by atoms with van der Waals surface area (Å²) >= 11 is 0. The molecule has 1 unspecified atom stereocenters. The molecule has 1 aromatic rings. The molecule has 8 nitrogen and oxygen atoms in total. The van der Waals surface area contributed by atoms with Crippen LogP contribution < -0.4 is 4.90 Å². The van der Waals surface area contributed by atoms with E-state index in [0.717, 1.165) is 64.6 Å². The highest BCUT2D eigenvalue weighted by atomic mass is 16.5. The van der Waals surface area contributed by atoms with Crippen molar-refractivity contribution in [1.29, 1.82) is 0 Å². The maximum Gasteiger partial charge on any atom is 0.168 e. The second kappa shape index (κ2) is 11.0. The molecule has 0 bridgehead atoms. The number of piperazine rings is 1. The van der Waals surface area contributed by atoms with Crippen LogP contribution in [-0.4, -0.2) is 104 Å². The van der Waals surface area contributed by atoms with E-state index >= 15 is 0 Å². The minimum Gasteiger partial charge on any atom is -0.511 e. The monoisotopic (exact) mass is 442 g/mol. The molecule has 2 fully saturated rings. The van der Waals surface area contributed by atoms with Gasteiger partial charge in [0.05, 0.1) is 32.1 Å². The van der Waals surface area contributed by atoms with Crippen LogP contribution in [-0.2, 0) is 9.53 Å². The van der Waals surface area contributed by atoms with Crippen molar-refractivity contribution >= 4 is 17.7 Å². The molecule has 2 aliphatic heterocycles. The van der Waals surface area contributed by atoms with Crippen LogP contribution in [0.3, 0.4) is 0 Å². The summed E-state index contributed by atoms with van der Waals surface area (Å²) in [5.74, 6) is 0.0985. The van der Waals surface area contributed by atoms with Gasteiger partial charge in [-0.3, -0.25) is 19.6 Å². The fourth-order valence-electron chi connectivity index (χ4n) is 4.58. The normalized spacial score (nSPS) is 24.0. The number of hydrogen-bond acceptors (Lipinski definition) is 8. The van der Waals surface area contributed by atoms with Gasteiger partial charge in [-0.25, -0.2) is 0 Å². The van der Waals surface area contributed by atoms with E-state index in [0.29, 0.717) is 25.0 Å². The molecule has 174 valence electrons. The third kappa shape index (κ3) is 5.75. The van der Waals surface area contributed by atoms with Crippen molar-refractivity contribution in [1.82, 2.24) is 9.80 Å². The third-order valence-electron chi connectivity index (χ3n) is 6.65. The highest BCUT2D eigenvalue weighted by Crippen LogP contribution is 2.34. The van der Waals surface area contributed by atoms with Crippen LogP contribution in [0.25, 0.3) is 0 Å². The average molecular weight is 443 g/mol. The number of nitrogens with zero attached hydrogens (tertiary/aromatic N) is 4. The lowest BCUT2D eigenvalue weighted by Gasteiger charge is -2.32. The van der Waals surface area contributed by atoms with Crippen LogP contribution >= 0.6 is 0 Å². The Morgan fingerprint density at radius 1 is 1.00 bits per heavy atom. The molecule has 2 N–H and O–H groups in total. The van der Waals surface area contributed by atoms with Crippen LogP contribution in [0.1, 0.15) is 24.3 Å². The molecule has 0 amide bonds. The molecule has 0 aromatic heterocycles. The van der Waals surface area contributed by atoms with Gasteiger partial charge < -0.3 is 19.8 Å². The number of benzene rings is 1. The van der Waals surface area contributed by atoms with Crippen LogP contribution in [0.2, 0.25) is 0 Å². The summed E-state index contributed by atoms with van der Waals surface area (Å²) < 4.78 is 5.41. The fourth-order valence-corrected chi connectivity index (χ4v) is 4.58. The number of hydrogen-bond donors (Lipinski definition) is 2. The lowest BCUT2D eigenvalue weighted by molar-refractivity contribution is -0.116. The van der Waals surface area contributed by atoms with E-state index in [9.17, 15) is 9.90 Å². The summed E-state index contributed by atoms with van der Waals surface area (Å²) in [5, 5.41) is 19.7. The van der Waals surface area contributed by atoms with Crippen molar-refractivity contribution in [3.8, 4) is 0 Å². The van der Waals surface area contributed by atoms with Gasteiger partial charge in [0, 0.05) is 70.6 Å². The van der Waals surface area contributed by atoms with Crippen molar-refractivity contribution < 1.29 is 19.7 Å². The van der Waals surface area contributed by atoms with Gasteiger partial charge in [0.15, 0.2) is 5.78 Å². The standard InChI is InChI=1S/C24H34N4O4/c29-18-27-9-7-26(8-10-27)6-5-25-17-22-23(30)15-20(16-24(22)31)19-1-3-21(4-2-19)28-11-13-32-14-12-28/h1-4,17,20,29-30H,5-16,18H2. The first-order valence-electron chi connectivity index (χ1n) is 11.6. The summed E-state index contributed by atoms with van der Waals surface area (Å²) in [7, 11) is 0. The van der Waals surface area contributed by atoms with Gasteiger partial charge in [-0.1, -0.05) is 12.1 Å². The first-order chi connectivity index (χ1) is 15.6. The summed E-state index contributed by atoms with van der Waals surface area (Å²) in [6, 6.07) is 8.35. The molecule has 1 atom stereocenters. The van der Waals surface area contributed by atoms with Crippen LogP contribution in [0, 0.1) is 0 Å². The predicted molar refractivity (Wildman–Crippen MR) is 125 cm³/mol. The van der Waals surface area contributed by atoms with Gasteiger partial charge in [0.1, 0.15) is 5.76 Å². The minimum absolute atomic E-state index is 0.00112. The number of ether oxygens (including phenoxy) is 1. The molecule has 0 saturated carbocycles. The van der Waals surface area contributed by atoms with Gasteiger partial charge >= 0.3 is 0 Å². The quantitative estimate of drug-likeness (QED) is 0.618. The van der Waals surface area contributed by atoms with Crippen LogP contribution in [0.5, 0.6) is 0 Å². The van der Waals surface area contributed by atoms with E-state index in [1.165, 1.54) is 5.69 Å². The van der Waals surface area contributed by atoms with E-state index < -0.39 is 0 Å². The third-order valence-corrected chi connectivity index (χ3v) is 6.65. The maximum absolute atomic E-state index is 12.7. The molecule has 0 spiro atoms. The Hall–Kier alpha value is -2.26. The van der Waals surface area contributed by atoms with E-state index in [-0.39, 0.29) is 24.2 Å². The molecule has 2 heterocycles. The zero-order chi connectivity index (χ0) is 22.3. The van der Waals surface area contributed by atoms with E-state index in [4.69, 9.17) is 9.84 Å². The molecule has 0 radical (unpaired) electrons. The Kier molecular flexibility index (Phi) is 7.91. The van der Waals surface area contributed by atoms with Crippen molar-refractivity contribution in [3.05, 3.63) is 41.2 Å². The first kappa shape index (κ1) is 22.9. The number of carbonyl (C=O) groups is 1. The number of anilines is 1. The minimum atomic E-state index is -0.0451. The Bertz CT molecular complexity index is 825. The highest BCUT2D eigenvalue weighted by molar-refractivity contribution is 6.14. The molecule has 8 heteroatoms. The molecule has 4 rings (SSSR count). The van der Waals surface area contributed by atoms with Crippen molar-refractivity contribution in [2.45, 2.75) is 18.8 Å². The summed E-state index contributed by atoms with van der Waals surface area (Å²) in [6.45, 7) is 8.36. The number of morpholine rings is 1. The zero-order valence-corrected chi connectivity index (χ0v) is 18.7. The number of rotatable bonds is 7. The van der Waals surface area contributed by atoms with Crippen LogP contribution in [0.15, 0.2) is 40.6 Å².